The zero-order valence-electron chi connectivity index (χ0n) is 14.2. The molecule has 26 heavy (non-hydrogen) atoms. The molecule has 0 aliphatic heterocycles. The van der Waals surface area contributed by atoms with E-state index in [9.17, 15) is 13.6 Å². The second-order valence-electron chi connectivity index (χ2n) is 6.43. The fourth-order valence-corrected chi connectivity index (χ4v) is 3.14. The van der Waals surface area contributed by atoms with Gasteiger partial charge in [0.25, 0.3) is 0 Å². The van der Waals surface area contributed by atoms with Gasteiger partial charge in [0.05, 0.1) is 11.6 Å². The molecule has 0 radical (unpaired) electrons. The molecule has 1 fully saturated rings. The second-order valence-corrected chi connectivity index (χ2v) is 6.43. The number of hydrogen-bond donors (Lipinski definition) is 0. The molecule has 0 atom stereocenters. The van der Waals surface area contributed by atoms with Crippen LogP contribution in [0.5, 0.6) is 5.75 Å². The molecule has 1 aliphatic rings. The van der Waals surface area contributed by atoms with Crippen molar-refractivity contribution >= 4 is 16.8 Å². The predicted octanol–water partition coefficient (Wildman–Crippen LogP) is 4.63. The van der Waals surface area contributed by atoms with Crippen molar-refractivity contribution in [1.82, 2.24) is 14.8 Å². The van der Waals surface area contributed by atoms with E-state index in [2.05, 4.69) is 9.72 Å². The smallest absolute Gasteiger partial charge is 0.387 e. The van der Waals surface area contributed by atoms with Gasteiger partial charge in [0, 0.05) is 17.3 Å². The maximum Gasteiger partial charge on any atom is 0.387 e. The minimum Gasteiger partial charge on any atom is -0.435 e. The Kier molecular flexibility index (Phi) is 4.14. The van der Waals surface area contributed by atoms with E-state index in [0.29, 0.717) is 22.3 Å². The molecule has 4 rings (SSSR count). The molecule has 0 amide bonds. The molecule has 5 nitrogen and oxygen atoms in total. The van der Waals surface area contributed by atoms with Crippen molar-refractivity contribution in [2.75, 3.05) is 0 Å². The first kappa shape index (κ1) is 16.6. The Hall–Kier alpha value is -2.83. The fraction of sp³-hybridized carbons (Fsp3) is 0.316. The van der Waals surface area contributed by atoms with Crippen LogP contribution in [0.2, 0.25) is 0 Å². The molecule has 1 aliphatic carbocycles. The van der Waals surface area contributed by atoms with Crippen LogP contribution < -0.4 is 4.74 Å². The van der Waals surface area contributed by atoms with Crippen LogP contribution in [0.3, 0.4) is 0 Å². The average Bonchev–Trinajstić information content (AvgIpc) is 2.91. The number of ether oxygens (including phenoxy) is 1. The van der Waals surface area contributed by atoms with Gasteiger partial charge in [-0.1, -0.05) is 12.1 Å². The van der Waals surface area contributed by atoms with Gasteiger partial charge in [-0.25, -0.2) is 0 Å². The Bertz CT molecular complexity index is 980. The zero-order valence-corrected chi connectivity index (χ0v) is 14.2. The molecule has 0 saturated heterocycles. The molecule has 3 aromatic rings. The average molecular weight is 357 g/mol. The number of aromatic nitrogens is 3. The van der Waals surface area contributed by atoms with Gasteiger partial charge in [-0.15, -0.1) is 0 Å². The van der Waals surface area contributed by atoms with Gasteiger partial charge in [0.1, 0.15) is 17.0 Å². The largest absolute Gasteiger partial charge is 0.435 e. The van der Waals surface area contributed by atoms with Crippen molar-refractivity contribution in [3.05, 3.63) is 42.1 Å². The number of halogens is 2. The highest BCUT2D eigenvalue weighted by atomic mass is 19.3. The predicted molar refractivity (Wildman–Crippen MR) is 92.5 cm³/mol. The highest BCUT2D eigenvalue weighted by Gasteiger charge is 2.25. The summed E-state index contributed by atoms with van der Waals surface area (Å²) in [6.07, 6.45) is 4.71. The lowest BCUT2D eigenvalue weighted by molar-refractivity contribution is -0.0498. The van der Waals surface area contributed by atoms with E-state index in [1.807, 2.05) is 4.68 Å². The number of fused-ring (bicyclic) bond motifs is 1. The number of alkyl halides is 2. The molecule has 2 aromatic heterocycles. The van der Waals surface area contributed by atoms with Gasteiger partial charge in [-0.2, -0.15) is 13.9 Å². The third-order valence-electron chi connectivity index (χ3n) is 4.71. The number of ketones is 1. The lowest BCUT2D eigenvalue weighted by Gasteiger charge is -2.26. The summed E-state index contributed by atoms with van der Waals surface area (Å²) in [6, 6.07) is 8.51. The molecular formula is C19H17F2N3O2. The number of Topliss-reactive ketones (excluding diaryl/α,β-unsaturated/α-hetero) is 1. The minimum absolute atomic E-state index is 0.0605. The second kappa shape index (κ2) is 6.48. The van der Waals surface area contributed by atoms with Gasteiger partial charge >= 0.3 is 6.61 Å². The number of pyridine rings is 1. The number of benzene rings is 1. The minimum atomic E-state index is -2.88. The lowest BCUT2D eigenvalue weighted by atomic mass is 9.93. The Morgan fingerprint density at radius 3 is 2.77 bits per heavy atom. The monoisotopic (exact) mass is 357 g/mol. The maximum absolute atomic E-state index is 12.5. The summed E-state index contributed by atoms with van der Waals surface area (Å²) in [5.41, 5.74) is 3.21. The molecule has 0 N–H and O–H groups in total. The van der Waals surface area contributed by atoms with Crippen LogP contribution >= 0.6 is 0 Å². The number of rotatable bonds is 5. The van der Waals surface area contributed by atoms with Gasteiger partial charge in [-0.3, -0.25) is 14.5 Å². The molecule has 0 spiro atoms. The van der Waals surface area contributed by atoms with Crippen LogP contribution in [-0.4, -0.2) is 27.2 Å². The van der Waals surface area contributed by atoms with Gasteiger partial charge in [0.2, 0.25) is 0 Å². The van der Waals surface area contributed by atoms with Gasteiger partial charge in [0.15, 0.2) is 5.78 Å². The van der Waals surface area contributed by atoms with Crippen molar-refractivity contribution in [3.8, 4) is 17.0 Å². The van der Waals surface area contributed by atoms with Crippen molar-refractivity contribution in [2.45, 2.75) is 38.8 Å². The van der Waals surface area contributed by atoms with E-state index in [1.54, 1.807) is 18.2 Å². The molecule has 7 heteroatoms. The van der Waals surface area contributed by atoms with Crippen LogP contribution in [0.1, 0.15) is 42.6 Å². The van der Waals surface area contributed by atoms with E-state index in [1.165, 1.54) is 25.3 Å². The first-order chi connectivity index (χ1) is 12.5. The van der Waals surface area contributed by atoms with Gasteiger partial charge < -0.3 is 4.74 Å². The Morgan fingerprint density at radius 2 is 2.12 bits per heavy atom. The van der Waals surface area contributed by atoms with E-state index < -0.39 is 6.61 Å². The first-order valence-corrected chi connectivity index (χ1v) is 8.47. The third-order valence-corrected chi connectivity index (χ3v) is 4.71. The van der Waals surface area contributed by atoms with E-state index in [-0.39, 0.29) is 17.6 Å². The molecule has 2 heterocycles. The number of hydrogen-bond acceptors (Lipinski definition) is 4. The maximum atomic E-state index is 12.5. The fourth-order valence-electron chi connectivity index (χ4n) is 3.14. The van der Waals surface area contributed by atoms with Crippen molar-refractivity contribution in [1.29, 1.82) is 0 Å². The van der Waals surface area contributed by atoms with E-state index in [0.717, 1.165) is 24.8 Å². The first-order valence-electron chi connectivity index (χ1n) is 8.47. The topological polar surface area (TPSA) is 57.0 Å². The van der Waals surface area contributed by atoms with E-state index in [4.69, 9.17) is 5.10 Å². The molecule has 0 unspecified atom stereocenters. The number of carbonyl (C=O) groups is 1. The third kappa shape index (κ3) is 2.94. The summed E-state index contributed by atoms with van der Waals surface area (Å²) in [7, 11) is 0. The number of nitrogens with zero attached hydrogens (tertiary/aromatic N) is 3. The van der Waals surface area contributed by atoms with Crippen molar-refractivity contribution in [2.24, 2.45) is 0 Å². The number of carbonyl (C=O) groups excluding carboxylic acids is 1. The highest BCUT2D eigenvalue weighted by Crippen LogP contribution is 2.37. The van der Waals surface area contributed by atoms with Crippen molar-refractivity contribution in [3.63, 3.8) is 0 Å². The van der Waals surface area contributed by atoms with Crippen LogP contribution in [-0.2, 0) is 0 Å². The normalized spacial score (nSPS) is 14.6. The van der Waals surface area contributed by atoms with Gasteiger partial charge in [-0.05, 0) is 44.4 Å². The Balaban J connectivity index is 1.86. The summed E-state index contributed by atoms with van der Waals surface area (Å²) in [6.45, 7) is -1.38. The molecule has 134 valence electrons. The Morgan fingerprint density at radius 1 is 1.31 bits per heavy atom. The lowest BCUT2D eigenvalue weighted by Crippen LogP contribution is -2.18. The van der Waals surface area contributed by atoms with Crippen molar-refractivity contribution < 1.29 is 18.3 Å². The van der Waals surface area contributed by atoms with Crippen LogP contribution in [0.4, 0.5) is 8.78 Å². The molecule has 1 saturated carbocycles. The van der Waals surface area contributed by atoms with Crippen LogP contribution in [0.15, 0.2) is 36.5 Å². The SMILES string of the molecule is CC(=O)c1cnc2c(-c3cccc(OC(F)F)c3)nn(C3CCC3)c2c1. The molecule has 1 aromatic carbocycles. The standard InChI is InChI=1S/C19H17F2N3O2/c1-11(25)13-9-16-18(22-10-13)17(23-24(16)14-5-3-6-14)12-4-2-7-15(8-12)26-19(20)21/h2,4,7-10,14,19H,3,5-6H2,1H3. The molecule has 0 bridgehead atoms. The summed E-state index contributed by atoms with van der Waals surface area (Å²) in [4.78, 5) is 16.2. The highest BCUT2D eigenvalue weighted by molar-refractivity contribution is 5.99. The van der Waals surface area contributed by atoms with Crippen LogP contribution in [0.25, 0.3) is 22.3 Å². The van der Waals surface area contributed by atoms with E-state index >= 15 is 0 Å². The quantitative estimate of drug-likeness (QED) is 0.625. The zero-order chi connectivity index (χ0) is 18.3. The molecular weight excluding hydrogens is 340 g/mol. The summed E-state index contributed by atoms with van der Waals surface area (Å²) < 4.78 is 31.4. The Labute approximate surface area is 148 Å². The van der Waals surface area contributed by atoms with Crippen LogP contribution in [0, 0.1) is 0 Å². The summed E-state index contributed by atoms with van der Waals surface area (Å²) in [5.74, 6) is 0.0128. The summed E-state index contributed by atoms with van der Waals surface area (Å²) >= 11 is 0. The summed E-state index contributed by atoms with van der Waals surface area (Å²) in [5, 5.41) is 4.70.